The van der Waals surface area contributed by atoms with Crippen molar-refractivity contribution in [2.45, 2.75) is 0 Å². The van der Waals surface area contributed by atoms with E-state index in [1.165, 1.54) is 40.2 Å². The topological polar surface area (TPSA) is 83.8 Å². The Kier molecular flexibility index (Phi) is 5.42. The number of para-hydroxylation sites is 1. The quantitative estimate of drug-likeness (QED) is 0.194. The number of hydrogen-bond donors (Lipinski definition) is 0. The van der Waals surface area contributed by atoms with E-state index < -0.39 is 16.7 Å². The predicted octanol–water partition coefficient (Wildman–Crippen LogP) is 3.32. The molecule has 0 N–H and O–H groups in total. The molecule has 1 fully saturated rings. The van der Waals surface area contributed by atoms with Crippen LogP contribution < -0.4 is 4.90 Å². The number of benzene rings is 2. The summed E-state index contributed by atoms with van der Waals surface area (Å²) in [5, 5.41) is 11.1. The molecule has 0 saturated carbocycles. The van der Waals surface area contributed by atoms with Crippen molar-refractivity contribution in [2.24, 2.45) is 0 Å². The first kappa shape index (κ1) is 19.1. The summed E-state index contributed by atoms with van der Waals surface area (Å²) in [6.45, 7) is 3.75. The van der Waals surface area contributed by atoms with Crippen LogP contribution >= 0.6 is 12.2 Å². The Labute approximate surface area is 166 Å². The minimum Gasteiger partial charge on any atom is -0.280 e. The smallest absolute Gasteiger partial charge is 0.270 e. The van der Waals surface area contributed by atoms with Crippen LogP contribution in [0.25, 0.3) is 6.08 Å². The van der Waals surface area contributed by atoms with E-state index in [2.05, 4.69) is 6.58 Å². The Hall–Kier alpha value is -3.65. The molecule has 1 heterocycles. The molecule has 8 heteroatoms. The lowest BCUT2D eigenvalue weighted by Crippen LogP contribution is -2.56. The summed E-state index contributed by atoms with van der Waals surface area (Å²) in [4.78, 5) is 38.9. The van der Waals surface area contributed by atoms with Crippen LogP contribution in [0.5, 0.6) is 0 Å². The molecular weight excluding hydrogens is 378 g/mol. The van der Waals surface area contributed by atoms with Crippen molar-refractivity contribution in [3.05, 3.63) is 88.5 Å². The summed E-state index contributed by atoms with van der Waals surface area (Å²) >= 11 is 5.37. The third-order valence-corrected chi connectivity index (χ3v) is 4.45. The number of nitro groups is 1. The van der Waals surface area contributed by atoms with E-state index in [1.54, 1.807) is 36.4 Å². The van der Waals surface area contributed by atoms with Gasteiger partial charge >= 0.3 is 0 Å². The maximum absolute atomic E-state index is 13.1. The molecule has 28 heavy (non-hydrogen) atoms. The maximum Gasteiger partial charge on any atom is 0.270 e. The normalized spacial score (nSPS) is 15.9. The monoisotopic (exact) mass is 393 g/mol. The van der Waals surface area contributed by atoms with E-state index in [4.69, 9.17) is 12.2 Å². The van der Waals surface area contributed by atoms with Gasteiger partial charge in [-0.05, 0) is 36.0 Å². The minimum atomic E-state index is -0.590. The first-order valence-corrected chi connectivity index (χ1v) is 8.67. The zero-order valence-corrected chi connectivity index (χ0v) is 15.5. The molecule has 3 rings (SSSR count). The number of carbonyl (C=O) groups is 2. The fourth-order valence-electron chi connectivity index (χ4n) is 2.76. The third kappa shape index (κ3) is 3.58. The molecule has 2 aromatic rings. The number of nitro benzene ring substituents is 1. The summed E-state index contributed by atoms with van der Waals surface area (Å²) in [5.74, 6) is -1.17. The van der Waals surface area contributed by atoms with Crippen molar-refractivity contribution in [1.82, 2.24) is 4.90 Å². The summed E-state index contributed by atoms with van der Waals surface area (Å²) in [6.07, 6.45) is 2.85. The molecule has 2 aromatic carbocycles. The minimum absolute atomic E-state index is 0.0530. The van der Waals surface area contributed by atoms with Crippen molar-refractivity contribution in [2.75, 3.05) is 11.4 Å². The fourth-order valence-corrected chi connectivity index (χ4v) is 3.11. The van der Waals surface area contributed by atoms with Gasteiger partial charge in [0.1, 0.15) is 5.57 Å². The van der Waals surface area contributed by atoms with Crippen LogP contribution in [0.1, 0.15) is 5.56 Å². The largest absolute Gasteiger partial charge is 0.280 e. The number of anilines is 1. The fraction of sp³-hybridized carbons (Fsp3) is 0.0500. The van der Waals surface area contributed by atoms with E-state index in [1.807, 2.05) is 0 Å². The Morgan fingerprint density at radius 1 is 1.07 bits per heavy atom. The molecule has 0 aliphatic carbocycles. The van der Waals surface area contributed by atoms with Gasteiger partial charge in [0.2, 0.25) is 0 Å². The van der Waals surface area contributed by atoms with Gasteiger partial charge in [-0.3, -0.25) is 29.5 Å². The lowest BCUT2D eigenvalue weighted by molar-refractivity contribution is -0.384. The molecule has 0 aromatic heterocycles. The molecular formula is C20H15N3O4S. The van der Waals surface area contributed by atoms with Gasteiger partial charge in [-0.15, -0.1) is 6.58 Å². The molecule has 0 radical (unpaired) electrons. The average Bonchev–Trinajstić information content (AvgIpc) is 2.69. The molecule has 0 unspecified atom stereocenters. The molecule has 1 aliphatic rings. The first-order valence-electron chi connectivity index (χ1n) is 8.26. The summed E-state index contributed by atoms with van der Waals surface area (Å²) in [7, 11) is 0. The average molecular weight is 393 g/mol. The van der Waals surface area contributed by atoms with Crippen LogP contribution in [-0.4, -0.2) is 33.3 Å². The van der Waals surface area contributed by atoms with Crippen LogP contribution in [0.3, 0.4) is 0 Å². The molecule has 0 bridgehead atoms. The Morgan fingerprint density at radius 3 is 2.43 bits per heavy atom. The maximum atomic E-state index is 13.1. The third-order valence-electron chi connectivity index (χ3n) is 4.05. The van der Waals surface area contributed by atoms with Gasteiger partial charge in [-0.1, -0.05) is 36.4 Å². The zero-order chi connectivity index (χ0) is 20.3. The van der Waals surface area contributed by atoms with Crippen molar-refractivity contribution in [3.63, 3.8) is 0 Å². The molecule has 1 aliphatic heterocycles. The van der Waals surface area contributed by atoms with Crippen LogP contribution in [0.4, 0.5) is 11.4 Å². The number of hydrogen-bond acceptors (Lipinski definition) is 5. The highest BCUT2D eigenvalue weighted by Crippen LogP contribution is 2.26. The zero-order valence-electron chi connectivity index (χ0n) is 14.6. The Bertz CT molecular complexity index is 1020. The molecule has 2 amide bonds. The summed E-state index contributed by atoms with van der Waals surface area (Å²) in [6, 6.07) is 14.4. The first-order chi connectivity index (χ1) is 13.4. The highest BCUT2D eigenvalue weighted by molar-refractivity contribution is 7.80. The second kappa shape index (κ2) is 7.93. The molecule has 0 spiro atoms. The van der Waals surface area contributed by atoms with Gasteiger partial charge in [-0.25, -0.2) is 0 Å². The highest BCUT2D eigenvalue weighted by atomic mass is 32.1. The van der Waals surface area contributed by atoms with E-state index in [0.29, 0.717) is 11.3 Å². The van der Waals surface area contributed by atoms with E-state index in [9.17, 15) is 19.7 Å². The van der Waals surface area contributed by atoms with E-state index in [0.717, 1.165) is 0 Å². The second-order valence-corrected chi connectivity index (χ2v) is 6.24. The molecule has 140 valence electrons. The number of non-ortho nitro benzene ring substituents is 1. The molecule has 0 atom stereocenters. The van der Waals surface area contributed by atoms with E-state index >= 15 is 0 Å². The highest BCUT2D eigenvalue weighted by Gasteiger charge is 2.39. The lowest BCUT2D eigenvalue weighted by atomic mass is 10.1. The number of nitrogens with zero attached hydrogens (tertiary/aromatic N) is 3. The van der Waals surface area contributed by atoms with Crippen LogP contribution in [-0.2, 0) is 9.59 Å². The summed E-state index contributed by atoms with van der Waals surface area (Å²) < 4.78 is 0. The molecule has 7 nitrogen and oxygen atoms in total. The van der Waals surface area contributed by atoms with Gasteiger partial charge < -0.3 is 0 Å². The van der Waals surface area contributed by atoms with Gasteiger partial charge in [0, 0.05) is 18.7 Å². The van der Waals surface area contributed by atoms with Gasteiger partial charge in [-0.2, -0.15) is 0 Å². The predicted molar refractivity (Wildman–Crippen MR) is 110 cm³/mol. The van der Waals surface area contributed by atoms with Gasteiger partial charge in [0.05, 0.1) is 10.6 Å². The van der Waals surface area contributed by atoms with Crippen molar-refractivity contribution < 1.29 is 14.5 Å². The Morgan fingerprint density at radius 2 is 1.79 bits per heavy atom. The lowest BCUT2D eigenvalue weighted by Gasteiger charge is -2.36. The van der Waals surface area contributed by atoms with Crippen molar-refractivity contribution in [1.29, 1.82) is 0 Å². The van der Waals surface area contributed by atoms with Gasteiger partial charge in [0.25, 0.3) is 17.5 Å². The number of carbonyl (C=O) groups excluding carboxylic acids is 2. The second-order valence-electron chi connectivity index (χ2n) is 5.87. The van der Waals surface area contributed by atoms with Crippen molar-refractivity contribution in [3.8, 4) is 0 Å². The standard InChI is InChI=1S/C20H15N3O4S/c1-2-11-21-18(24)17(13-14-7-6-10-16(12-14)23(26)27)19(25)22(20(21)28)15-8-4-3-5-9-15/h2-10,12-13H,1,11H2/b17-13+. The van der Waals surface area contributed by atoms with Crippen LogP contribution in [0.15, 0.2) is 72.8 Å². The molecule has 1 saturated heterocycles. The van der Waals surface area contributed by atoms with E-state index in [-0.39, 0.29) is 22.9 Å². The van der Waals surface area contributed by atoms with Crippen molar-refractivity contribution >= 4 is 46.6 Å². The number of thiocarbonyl (C=S) groups is 1. The van der Waals surface area contributed by atoms with Crippen LogP contribution in [0, 0.1) is 10.1 Å². The van der Waals surface area contributed by atoms with Gasteiger partial charge in [0.15, 0.2) is 5.11 Å². The number of rotatable bonds is 5. The Balaban J connectivity index is 2.10. The SMILES string of the molecule is C=CCN1C(=O)/C(=C\c2cccc([N+](=O)[O-])c2)C(=O)N(c2ccccc2)C1=S. The van der Waals surface area contributed by atoms with Crippen LogP contribution in [0.2, 0.25) is 0 Å². The summed E-state index contributed by atoms with van der Waals surface area (Å²) in [5.41, 5.74) is 0.609. The number of amides is 2.